The third kappa shape index (κ3) is 4.64. The molecule has 0 spiro atoms. The Morgan fingerprint density at radius 3 is 1.93 bits per heavy atom. The fourth-order valence-corrected chi connectivity index (χ4v) is 2.67. The Labute approximate surface area is 162 Å². The second-order valence-electron chi connectivity index (χ2n) is 6.22. The van der Waals surface area contributed by atoms with Crippen LogP contribution < -0.4 is 15.4 Å². The van der Waals surface area contributed by atoms with E-state index in [1.165, 1.54) is 24.3 Å². The second kappa shape index (κ2) is 8.22. The van der Waals surface area contributed by atoms with Crippen molar-refractivity contribution in [2.75, 3.05) is 10.6 Å². The summed E-state index contributed by atoms with van der Waals surface area (Å²) in [5.41, 5.74) is 3.38. The van der Waals surface area contributed by atoms with Gasteiger partial charge in [0.2, 0.25) is 0 Å². The number of nitro benzene ring substituents is 1. The Bertz CT molecular complexity index is 979. The van der Waals surface area contributed by atoms with Crippen molar-refractivity contribution in [3.8, 4) is 11.5 Å². The fourth-order valence-electron chi connectivity index (χ4n) is 2.67. The van der Waals surface area contributed by atoms with Crippen LogP contribution >= 0.6 is 0 Å². The molecule has 0 heterocycles. The van der Waals surface area contributed by atoms with Crippen LogP contribution in [0, 0.1) is 24.0 Å². The highest BCUT2D eigenvalue weighted by atomic mass is 16.6. The number of hydrogen-bond donors (Lipinski definition) is 2. The summed E-state index contributed by atoms with van der Waals surface area (Å²) >= 11 is 0. The normalized spacial score (nSPS) is 10.2. The summed E-state index contributed by atoms with van der Waals surface area (Å²) in [5, 5.41) is 16.3. The molecular weight excluding hydrogens is 358 g/mol. The van der Waals surface area contributed by atoms with Gasteiger partial charge in [-0.3, -0.25) is 10.1 Å². The Morgan fingerprint density at radius 1 is 0.857 bits per heavy atom. The zero-order valence-corrected chi connectivity index (χ0v) is 15.4. The summed E-state index contributed by atoms with van der Waals surface area (Å²) in [5.74, 6) is 1.04. The summed E-state index contributed by atoms with van der Waals surface area (Å²) in [6.45, 7) is 3.87. The molecule has 142 valence electrons. The molecule has 0 aliphatic heterocycles. The molecule has 0 unspecified atom stereocenters. The van der Waals surface area contributed by atoms with E-state index in [2.05, 4.69) is 10.6 Å². The molecule has 0 aliphatic carbocycles. The van der Waals surface area contributed by atoms with Crippen molar-refractivity contribution in [2.45, 2.75) is 13.8 Å². The van der Waals surface area contributed by atoms with Gasteiger partial charge in [-0.25, -0.2) is 4.79 Å². The summed E-state index contributed by atoms with van der Waals surface area (Å²) < 4.78 is 5.65. The largest absolute Gasteiger partial charge is 0.457 e. The third-order valence-corrected chi connectivity index (χ3v) is 4.12. The molecule has 3 aromatic carbocycles. The van der Waals surface area contributed by atoms with Crippen molar-refractivity contribution in [2.24, 2.45) is 0 Å². The first-order chi connectivity index (χ1) is 13.4. The van der Waals surface area contributed by atoms with Crippen LogP contribution in [0.2, 0.25) is 0 Å². The molecule has 0 saturated carbocycles. The SMILES string of the molecule is Cc1cccc(C)c1NC(=O)Nc1ccc(Oc2ccc([N+](=O)[O-])cc2)cc1. The van der Waals surface area contributed by atoms with E-state index in [1.807, 2.05) is 32.0 Å². The van der Waals surface area contributed by atoms with E-state index in [4.69, 9.17) is 4.74 Å². The van der Waals surface area contributed by atoms with E-state index in [9.17, 15) is 14.9 Å². The lowest BCUT2D eigenvalue weighted by Crippen LogP contribution is -2.20. The standard InChI is InChI=1S/C21H19N3O4/c1-14-4-3-5-15(2)20(14)23-21(25)22-16-6-10-18(11-7-16)28-19-12-8-17(9-13-19)24(26)27/h3-13H,1-2H3,(H2,22,23,25). The fraction of sp³-hybridized carbons (Fsp3) is 0.0952. The second-order valence-corrected chi connectivity index (χ2v) is 6.22. The molecule has 3 rings (SSSR count). The number of benzene rings is 3. The number of amides is 2. The van der Waals surface area contributed by atoms with E-state index in [-0.39, 0.29) is 11.7 Å². The first-order valence-corrected chi connectivity index (χ1v) is 8.59. The van der Waals surface area contributed by atoms with Gasteiger partial charge >= 0.3 is 6.03 Å². The van der Waals surface area contributed by atoms with E-state index in [0.29, 0.717) is 17.2 Å². The molecular formula is C21H19N3O4. The zero-order chi connectivity index (χ0) is 20.1. The first-order valence-electron chi connectivity index (χ1n) is 8.59. The predicted molar refractivity (Wildman–Crippen MR) is 108 cm³/mol. The molecule has 7 nitrogen and oxygen atoms in total. The number of carbonyl (C=O) groups excluding carboxylic acids is 1. The van der Waals surface area contributed by atoms with Crippen molar-refractivity contribution >= 4 is 23.1 Å². The molecule has 0 atom stereocenters. The smallest absolute Gasteiger partial charge is 0.323 e. The van der Waals surface area contributed by atoms with Gasteiger partial charge in [0, 0.05) is 23.5 Å². The van der Waals surface area contributed by atoms with Gasteiger partial charge in [-0.2, -0.15) is 0 Å². The van der Waals surface area contributed by atoms with Crippen molar-refractivity contribution in [3.05, 3.63) is 88.0 Å². The molecule has 2 N–H and O–H groups in total. The van der Waals surface area contributed by atoms with Gasteiger partial charge in [0.05, 0.1) is 4.92 Å². The molecule has 3 aromatic rings. The Kier molecular flexibility index (Phi) is 5.55. The van der Waals surface area contributed by atoms with Crippen molar-refractivity contribution in [1.29, 1.82) is 0 Å². The zero-order valence-electron chi connectivity index (χ0n) is 15.4. The van der Waals surface area contributed by atoms with Crippen molar-refractivity contribution in [1.82, 2.24) is 0 Å². The third-order valence-electron chi connectivity index (χ3n) is 4.12. The van der Waals surface area contributed by atoms with Crippen LogP contribution in [0.15, 0.2) is 66.7 Å². The van der Waals surface area contributed by atoms with Crippen LogP contribution in [0.1, 0.15) is 11.1 Å². The minimum Gasteiger partial charge on any atom is -0.457 e. The van der Waals surface area contributed by atoms with E-state index < -0.39 is 4.92 Å². The van der Waals surface area contributed by atoms with Gasteiger partial charge in [-0.05, 0) is 61.4 Å². The molecule has 0 bridgehead atoms. The lowest BCUT2D eigenvalue weighted by molar-refractivity contribution is -0.384. The van der Waals surface area contributed by atoms with Gasteiger partial charge in [-0.15, -0.1) is 0 Å². The van der Waals surface area contributed by atoms with Crippen LogP contribution in [-0.2, 0) is 0 Å². The van der Waals surface area contributed by atoms with Crippen molar-refractivity contribution in [3.63, 3.8) is 0 Å². The Hall–Kier alpha value is -3.87. The number of non-ortho nitro benzene ring substituents is 1. The number of nitro groups is 1. The molecule has 28 heavy (non-hydrogen) atoms. The van der Waals surface area contributed by atoms with E-state index >= 15 is 0 Å². The highest BCUT2D eigenvalue weighted by Gasteiger charge is 2.08. The number of para-hydroxylation sites is 1. The topological polar surface area (TPSA) is 93.5 Å². The van der Waals surface area contributed by atoms with Crippen LogP contribution in [0.25, 0.3) is 0 Å². The number of carbonyl (C=O) groups is 1. The van der Waals surface area contributed by atoms with Crippen molar-refractivity contribution < 1.29 is 14.5 Å². The Balaban J connectivity index is 1.61. The molecule has 0 fully saturated rings. The summed E-state index contributed by atoms with van der Waals surface area (Å²) in [6.07, 6.45) is 0. The number of nitrogens with zero attached hydrogens (tertiary/aromatic N) is 1. The maximum atomic E-state index is 12.2. The summed E-state index contributed by atoms with van der Waals surface area (Å²) in [7, 11) is 0. The molecule has 0 saturated heterocycles. The van der Waals surface area contributed by atoms with Crippen LogP contribution in [-0.4, -0.2) is 11.0 Å². The lowest BCUT2D eigenvalue weighted by Gasteiger charge is -2.13. The highest BCUT2D eigenvalue weighted by molar-refractivity contribution is 6.00. The number of anilines is 2. The lowest BCUT2D eigenvalue weighted by atomic mass is 10.1. The number of aryl methyl sites for hydroxylation is 2. The van der Waals surface area contributed by atoms with Gasteiger partial charge in [0.25, 0.3) is 5.69 Å². The number of urea groups is 1. The molecule has 7 heteroatoms. The minimum atomic E-state index is -0.465. The molecule has 2 amide bonds. The maximum absolute atomic E-state index is 12.2. The van der Waals surface area contributed by atoms with Gasteiger partial charge in [0.15, 0.2) is 0 Å². The van der Waals surface area contributed by atoms with E-state index in [1.54, 1.807) is 24.3 Å². The van der Waals surface area contributed by atoms with Gasteiger partial charge in [-0.1, -0.05) is 18.2 Å². The molecule has 0 radical (unpaired) electrons. The maximum Gasteiger partial charge on any atom is 0.323 e. The summed E-state index contributed by atoms with van der Waals surface area (Å²) in [4.78, 5) is 22.4. The molecule has 0 aromatic heterocycles. The quantitative estimate of drug-likeness (QED) is 0.444. The number of nitrogens with one attached hydrogen (secondary N) is 2. The van der Waals surface area contributed by atoms with E-state index in [0.717, 1.165) is 16.8 Å². The average Bonchev–Trinajstić information content (AvgIpc) is 2.67. The predicted octanol–water partition coefficient (Wildman–Crippen LogP) is 5.65. The van der Waals surface area contributed by atoms with Crippen LogP contribution in [0.3, 0.4) is 0 Å². The first kappa shape index (κ1) is 18.9. The van der Waals surface area contributed by atoms with Gasteiger partial charge < -0.3 is 15.4 Å². The van der Waals surface area contributed by atoms with Crippen LogP contribution in [0.4, 0.5) is 21.9 Å². The minimum absolute atomic E-state index is 0.00167. The average molecular weight is 377 g/mol. The number of rotatable bonds is 5. The number of ether oxygens (including phenoxy) is 1. The van der Waals surface area contributed by atoms with Crippen LogP contribution in [0.5, 0.6) is 11.5 Å². The highest BCUT2D eigenvalue weighted by Crippen LogP contribution is 2.25. The number of hydrogen-bond acceptors (Lipinski definition) is 4. The van der Waals surface area contributed by atoms with Gasteiger partial charge in [0.1, 0.15) is 11.5 Å². The Morgan fingerprint density at radius 2 is 1.39 bits per heavy atom. The summed E-state index contributed by atoms with van der Waals surface area (Å²) in [6, 6.07) is 18.1. The monoisotopic (exact) mass is 377 g/mol. The molecule has 0 aliphatic rings.